The van der Waals surface area contributed by atoms with Crippen molar-refractivity contribution in [3.8, 4) is 0 Å². The topological polar surface area (TPSA) is 169 Å². The molecule has 3 N–H and O–H groups in total. The number of nitrogens with zero attached hydrogens (tertiary/aromatic N) is 2. The lowest BCUT2D eigenvalue weighted by atomic mass is 9.96. The van der Waals surface area contributed by atoms with Crippen LogP contribution in [-0.2, 0) is 19.1 Å². The first-order valence-corrected chi connectivity index (χ1v) is 9.46. The molecule has 2 aromatic heterocycles. The summed E-state index contributed by atoms with van der Waals surface area (Å²) in [4.78, 5) is 53.0. The third-order valence-electron chi connectivity index (χ3n) is 4.56. The van der Waals surface area contributed by atoms with Crippen LogP contribution < -0.4 is 21.3 Å². The van der Waals surface area contributed by atoms with Crippen molar-refractivity contribution in [3.05, 3.63) is 20.0 Å². The van der Waals surface area contributed by atoms with E-state index in [1.165, 1.54) is 6.92 Å². The Kier molecular flexibility index (Phi) is 5.52. The molecular weight excluding hydrogens is 392 g/mol. The highest BCUT2D eigenvalue weighted by atomic mass is 32.1. The molecule has 0 saturated carbocycles. The third-order valence-corrected chi connectivity index (χ3v) is 5.51. The van der Waals surface area contributed by atoms with Gasteiger partial charge in [-0.1, -0.05) is 18.3 Å². The van der Waals surface area contributed by atoms with Gasteiger partial charge in [-0.15, -0.1) is 0 Å². The number of hydrogen-bond donors (Lipinski definition) is 2. The van der Waals surface area contributed by atoms with Crippen LogP contribution in [0.3, 0.4) is 0 Å². The minimum absolute atomic E-state index is 0.0192. The van der Waals surface area contributed by atoms with Crippen molar-refractivity contribution in [2.24, 2.45) is 5.92 Å². The zero-order valence-electron chi connectivity index (χ0n) is 15.2. The number of thiazole rings is 1. The summed E-state index contributed by atoms with van der Waals surface area (Å²) < 4.78 is 12.4. The fraction of sp³-hybridized carbons (Fsp3) is 0.562. The molecule has 152 valence electrons. The SMILES string of the molecule is CC[C@H](OC(C)=O)[C@@H]1C[C@H](CC(=O)[O-])[C@H](n2c(=O)sc3c(=O)[nH]c(N)nc32)O1. The Morgan fingerprint density at radius 2 is 2.21 bits per heavy atom. The number of carbonyl (C=O) groups excluding carboxylic acids is 2. The number of fused-ring (bicyclic) bond motifs is 1. The zero-order valence-corrected chi connectivity index (χ0v) is 16.0. The number of nitrogens with two attached hydrogens (primary N) is 1. The second kappa shape index (κ2) is 7.72. The molecule has 1 saturated heterocycles. The Bertz CT molecular complexity index is 1030. The number of carboxylic acid groups (broad SMARTS) is 1. The maximum Gasteiger partial charge on any atom is 0.311 e. The number of anilines is 1. The molecule has 0 spiro atoms. The number of carbonyl (C=O) groups is 2. The summed E-state index contributed by atoms with van der Waals surface area (Å²) in [6.45, 7) is 3.07. The number of nitrogen functional groups attached to an aromatic ring is 1. The van der Waals surface area contributed by atoms with Crippen LogP contribution in [0.2, 0.25) is 0 Å². The lowest BCUT2D eigenvalue weighted by Gasteiger charge is -2.22. The number of nitrogens with one attached hydrogen (secondary N) is 1. The number of aromatic amines is 1. The van der Waals surface area contributed by atoms with Gasteiger partial charge in [0.2, 0.25) is 5.95 Å². The molecule has 1 fully saturated rings. The van der Waals surface area contributed by atoms with Gasteiger partial charge in [-0.2, -0.15) is 4.98 Å². The molecule has 2 aromatic rings. The van der Waals surface area contributed by atoms with Crippen LogP contribution in [0.4, 0.5) is 5.95 Å². The summed E-state index contributed by atoms with van der Waals surface area (Å²) in [5.41, 5.74) is 5.04. The van der Waals surface area contributed by atoms with E-state index in [0.717, 1.165) is 4.57 Å². The molecule has 3 rings (SSSR count). The second-order valence-corrected chi connectivity index (χ2v) is 7.50. The maximum absolute atomic E-state index is 12.6. The van der Waals surface area contributed by atoms with Crippen molar-refractivity contribution < 1.29 is 24.2 Å². The van der Waals surface area contributed by atoms with Crippen molar-refractivity contribution in [2.75, 3.05) is 5.73 Å². The normalized spacial score (nSPS) is 23.0. The van der Waals surface area contributed by atoms with E-state index >= 15 is 0 Å². The highest BCUT2D eigenvalue weighted by Crippen LogP contribution is 2.39. The predicted molar refractivity (Wildman–Crippen MR) is 96.4 cm³/mol. The fourth-order valence-electron chi connectivity index (χ4n) is 3.48. The zero-order chi connectivity index (χ0) is 20.6. The minimum atomic E-state index is -1.31. The van der Waals surface area contributed by atoms with Gasteiger partial charge in [-0.25, -0.2) is 0 Å². The Morgan fingerprint density at radius 3 is 2.82 bits per heavy atom. The van der Waals surface area contributed by atoms with Crippen LogP contribution in [0, 0.1) is 5.92 Å². The maximum atomic E-state index is 12.6. The molecular formula is C16H19N4O7S-. The van der Waals surface area contributed by atoms with Crippen molar-refractivity contribution in [1.82, 2.24) is 14.5 Å². The molecule has 4 atom stereocenters. The molecule has 12 heteroatoms. The average Bonchev–Trinajstić information content (AvgIpc) is 3.12. The van der Waals surface area contributed by atoms with E-state index in [1.807, 2.05) is 0 Å². The van der Waals surface area contributed by atoms with Crippen LogP contribution in [0.15, 0.2) is 9.59 Å². The summed E-state index contributed by atoms with van der Waals surface area (Å²) in [5, 5.41) is 11.2. The van der Waals surface area contributed by atoms with Crippen LogP contribution >= 0.6 is 11.3 Å². The highest BCUT2D eigenvalue weighted by molar-refractivity contribution is 7.16. The number of H-pyrrole nitrogens is 1. The Labute approximate surface area is 162 Å². The molecule has 11 nitrogen and oxygen atoms in total. The number of ether oxygens (including phenoxy) is 2. The van der Waals surface area contributed by atoms with Crippen molar-refractivity contribution in [2.45, 2.75) is 51.5 Å². The van der Waals surface area contributed by atoms with E-state index in [4.69, 9.17) is 15.2 Å². The third kappa shape index (κ3) is 3.78. The van der Waals surface area contributed by atoms with Crippen molar-refractivity contribution >= 4 is 39.6 Å². The Balaban J connectivity index is 2.05. The fourth-order valence-corrected chi connectivity index (χ4v) is 4.32. The van der Waals surface area contributed by atoms with E-state index < -0.39 is 46.7 Å². The lowest BCUT2D eigenvalue weighted by Crippen LogP contribution is -2.31. The van der Waals surface area contributed by atoms with E-state index in [2.05, 4.69) is 9.97 Å². The number of esters is 1. The van der Waals surface area contributed by atoms with E-state index in [9.17, 15) is 24.3 Å². The first-order valence-electron chi connectivity index (χ1n) is 8.64. The number of aliphatic carboxylic acids is 1. The van der Waals surface area contributed by atoms with Crippen LogP contribution in [0.5, 0.6) is 0 Å². The second-order valence-electron chi connectivity index (χ2n) is 6.54. The van der Waals surface area contributed by atoms with Crippen molar-refractivity contribution in [1.29, 1.82) is 0 Å². The molecule has 1 aliphatic heterocycles. The molecule has 0 aliphatic carbocycles. The molecule has 0 aromatic carbocycles. The molecule has 3 heterocycles. The smallest absolute Gasteiger partial charge is 0.311 e. The van der Waals surface area contributed by atoms with Gasteiger partial charge in [0.1, 0.15) is 17.0 Å². The van der Waals surface area contributed by atoms with Gasteiger partial charge in [0.05, 0.1) is 6.10 Å². The minimum Gasteiger partial charge on any atom is -0.550 e. The molecule has 0 unspecified atom stereocenters. The van der Waals surface area contributed by atoms with Gasteiger partial charge in [0.25, 0.3) is 5.56 Å². The quantitative estimate of drug-likeness (QED) is 0.573. The number of rotatable bonds is 6. The molecule has 28 heavy (non-hydrogen) atoms. The Morgan fingerprint density at radius 1 is 1.50 bits per heavy atom. The monoisotopic (exact) mass is 411 g/mol. The van der Waals surface area contributed by atoms with Gasteiger partial charge in [-0.3, -0.25) is 23.9 Å². The van der Waals surface area contributed by atoms with Gasteiger partial charge in [-0.05, 0) is 19.3 Å². The number of carboxylic acids is 1. The lowest BCUT2D eigenvalue weighted by molar-refractivity contribution is -0.307. The number of hydrogen-bond acceptors (Lipinski definition) is 10. The van der Waals surface area contributed by atoms with Gasteiger partial charge < -0.3 is 25.1 Å². The Hall–Kier alpha value is -2.73. The summed E-state index contributed by atoms with van der Waals surface area (Å²) >= 11 is 0.665. The van der Waals surface area contributed by atoms with E-state index in [0.29, 0.717) is 17.8 Å². The predicted octanol–water partition coefficient (Wildman–Crippen LogP) is -0.886. The summed E-state index contributed by atoms with van der Waals surface area (Å²) in [5.74, 6) is -2.62. The molecule has 0 bridgehead atoms. The van der Waals surface area contributed by atoms with Crippen LogP contribution in [0.1, 0.15) is 39.3 Å². The highest BCUT2D eigenvalue weighted by Gasteiger charge is 2.42. The summed E-state index contributed by atoms with van der Waals surface area (Å²) in [6, 6.07) is 0. The average molecular weight is 411 g/mol. The first kappa shape index (κ1) is 20.0. The van der Waals surface area contributed by atoms with Gasteiger partial charge in [0.15, 0.2) is 5.65 Å². The van der Waals surface area contributed by atoms with Crippen LogP contribution in [-0.4, -0.2) is 38.7 Å². The van der Waals surface area contributed by atoms with Crippen molar-refractivity contribution in [3.63, 3.8) is 0 Å². The largest absolute Gasteiger partial charge is 0.550 e. The van der Waals surface area contributed by atoms with E-state index in [1.54, 1.807) is 6.92 Å². The molecule has 1 aliphatic rings. The van der Waals surface area contributed by atoms with Gasteiger partial charge in [0, 0.05) is 18.8 Å². The standard InChI is InChI=1S/C16H20N4O7S/c1-3-8(26-6(2)21)9-4-7(5-10(22)23)14(27-9)20-12-11(28-16(20)25)13(24)19-15(17)18-12/h7-9,14H,3-5H2,1-2H3,(H,22,23)(H3,17,18,19,24)/p-1/t7-,8+,9+,14-/m1/s1. The number of aromatic nitrogens is 3. The van der Waals surface area contributed by atoms with Gasteiger partial charge >= 0.3 is 10.8 Å². The van der Waals surface area contributed by atoms with Crippen LogP contribution in [0.25, 0.3) is 10.3 Å². The van der Waals surface area contributed by atoms with E-state index in [-0.39, 0.29) is 29.1 Å². The summed E-state index contributed by atoms with van der Waals surface area (Å²) in [7, 11) is 0. The molecule has 0 radical (unpaired) electrons. The first-order chi connectivity index (χ1) is 13.2. The summed E-state index contributed by atoms with van der Waals surface area (Å²) in [6.07, 6.45) is -1.94. The molecule has 0 amide bonds.